The molecule has 4 nitrogen and oxygen atoms in total. The number of ether oxygens (including phenoxy) is 1. The Morgan fingerprint density at radius 2 is 2.19 bits per heavy atom. The van der Waals surface area contributed by atoms with E-state index in [4.69, 9.17) is 4.74 Å². The average Bonchev–Trinajstić information content (AvgIpc) is 2.78. The van der Waals surface area contributed by atoms with Crippen molar-refractivity contribution in [3.8, 4) is 11.5 Å². The Morgan fingerprint density at radius 3 is 3.05 bits per heavy atom. The molecule has 1 aromatic rings. The second-order valence-electron chi connectivity index (χ2n) is 7.31. The molecule has 1 saturated carbocycles. The van der Waals surface area contributed by atoms with E-state index in [1.165, 1.54) is 11.1 Å². The van der Waals surface area contributed by atoms with E-state index in [9.17, 15) is 10.2 Å². The number of hydrogen-bond donors (Lipinski definition) is 2. The molecule has 2 N–H and O–H groups in total. The first-order valence-electron chi connectivity index (χ1n) is 8.02. The number of aliphatic hydroxyl groups excluding tert-OH is 1. The number of phenolic OH excluding ortho intramolecular Hbond substituents is 1. The van der Waals surface area contributed by atoms with Gasteiger partial charge in [-0.1, -0.05) is 0 Å². The van der Waals surface area contributed by atoms with Crippen LogP contribution in [0.15, 0.2) is 12.1 Å². The Hall–Kier alpha value is -1.26. The Labute approximate surface area is 124 Å². The van der Waals surface area contributed by atoms with Gasteiger partial charge in [0, 0.05) is 23.1 Å². The highest BCUT2D eigenvalue weighted by Gasteiger charge is 2.64. The van der Waals surface area contributed by atoms with Gasteiger partial charge < -0.3 is 19.8 Å². The number of phenols is 1. The minimum Gasteiger partial charge on any atom is -0.508 e. The van der Waals surface area contributed by atoms with Crippen LogP contribution in [0, 0.1) is 5.92 Å². The molecule has 5 rings (SSSR count). The standard InChI is InChI=1S/C17H21NO3/c1-18-5-4-17-11-2-3-13(20)16(17)21-14-8-10(19)6-9(15(14)17)7-12(11)18/h6,8,11-13,16,19-20H,2-5,7H2,1H3. The van der Waals surface area contributed by atoms with Crippen LogP contribution in [0.4, 0.5) is 0 Å². The second-order valence-corrected chi connectivity index (χ2v) is 7.31. The Bertz CT molecular complexity index is 631. The molecule has 0 radical (unpaired) electrons. The van der Waals surface area contributed by atoms with Crippen LogP contribution in [0.3, 0.4) is 0 Å². The number of likely N-dealkylation sites (tertiary alicyclic amines) is 1. The first-order valence-corrected chi connectivity index (χ1v) is 8.02. The maximum absolute atomic E-state index is 10.5. The van der Waals surface area contributed by atoms with E-state index in [0.29, 0.717) is 12.0 Å². The number of piperidine rings is 1. The lowest BCUT2D eigenvalue weighted by Gasteiger charge is -2.58. The zero-order valence-electron chi connectivity index (χ0n) is 12.2. The molecule has 2 heterocycles. The van der Waals surface area contributed by atoms with Crippen molar-refractivity contribution in [2.45, 2.75) is 49.3 Å². The molecule has 2 fully saturated rings. The van der Waals surface area contributed by atoms with Crippen molar-refractivity contribution in [3.05, 3.63) is 23.3 Å². The summed E-state index contributed by atoms with van der Waals surface area (Å²) in [7, 11) is 2.21. The van der Waals surface area contributed by atoms with Crippen LogP contribution in [0.5, 0.6) is 11.5 Å². The van der Waals surface area contributed by atoms with Gasteiger partial charge in [-0.25, -0.2) is 0 Å². The molecule has 1 saturated heterocycles. The summed E-state index contributed by atoms with van der Waals surface area (Å²) in [6.07, 6.45) is 3.45. The van der Waals surface area contributed by atoms with Crippen molar-refractivity contribution in [1.82, 2.24) is 4.90 Å². The van der Waals surface area contributed by atoms with E-state index in [1.807, 2.05) is 6.07 Å². The number of likely N-dealkylation sites (N-methyl/N-ethyl adjacent to an activating group) is 1. The minimum absolute atomic E-state index is 0.0224. The van der Waals surface area contributed by atoms with Crippen LogP contribution in [-0.2, 0) is 11.8 Å². The van der Waals surface area contributed by atoms with Crippen LogP contribution in [0.1, 0.15) is 30.4 Å². The molecule has 2 bridgehead atoms. The van der Waals surface area contributed by atoms with Crippen molar-refractivity contribution in [3.63, 3.8) is 0 Å². The van der Waals surface area contributed by atoms with Crippen LogP contribution < -0.4 is 4.74 Å². The summed E-state index contributed by atoms with van der Waals surface area (Å²) in [4.78, 5) is 2.47. The maximum atomic E-state index is 10.5. The van der Waals surface area contributed by atoms with Crippen LogP contribution in [0.25, 0.3) is 0 Å². The lowest BCUT2D eigenvalue weighted by atomic mass is 9.51. The molecule has 5 unspecified atom stereocenters. The van der Waals surface area contributed by atoms with E-state index in [-0.39, 0.29) is 23.4 Å². The Kier molecular flexibility index (Phi) is 2.19. The second kappa shape index (κ2) is 3.73. The number of nitrogens with zero attached hydrogens (tertiary/aromatic N) is 1. The van der Waals surface area contributed by atoms with Crippen LogP contribution in [0.2, 0.25) is 0 Å². The molecule has 5 atom stereocenters. The fourth-order valence-corrected chi connectivity index (χ4v) is 5.75. The summed E-state index contributed by atoms with van der Waals surface area (Å²) in [5.74, 6) is 1.68. The molecule has 112 valence electrons. The third-order valence-corrected chi connectivity index (χ3v) is 6.52. The van der Waals surface area contributed by atoms with Crippen molar-refractivity contribution in [2.24, 2.45) is 5.92 Å². The Morgan fingerprint density at radius 1 is 1.33 bits per heavy atom. The summed E-state index contributed by atoms with van der Waals surface area (Å²) in [6, 6.07) is 4.17. The Balaban J connectivity index is 1.80. The molecule has 1 aromatic carbocycles. The van der Waals surface area contributed by atoms with Crippen LogP contribution in [-0.4, -0.2) is 47.0 Å². The van der Waals surface area contributed by atoms with Gasteiger partial charge in [-0.05, 0) is 56.8 Å². The number of benzene rings is 1. The average molecular weight is 287 g/mol. The molecule has 4 heteroatoms. The van der Waals surface area contributed by atoms with Crippen molar-refractivity contribution < 1.29 is 14.9 Å². The van der Waals surface area contributed by atoms with Gasteiger partial charge in [0.25, 0.3) is 0 Å². The lowest BCUT2D eigenvalue weighted by Crippen LogP contribution is -2.66. The smallest absolute Gasteiger partial charge is 0.135 e. The minimum atomic E-state index is -0.384. The largest absolute Gasteiger partial charge is 0.508 e. The van der Waals surface area contributed by atoms with Gasteiger partial charge in [0.05, 0.1) is 6.10 Å². The zero-order valence-corrected chi connectivity index (χ0v) is 12.2. The monoisotopic (exact) mass is 287 g/mol. The first kappa shape index (κ1) is 12.3. The van der Waals surface area contributed by atoms with Gasteiger partial charge in [-0.2, -0.15) is 0 Å². The molecular formula is C17H21NO3. The van der Waals surface area contributed by atoms with Gasteiger partial charge in [-0.15, -0.1) is 0 Å². The molecular weight excluding hydrogens is 266 g/mol. The number of aliphatic hydroxyl groups is 1. The molecule has 2 aliphatic heterocycles. The summed E-state index contributed by atoms with van der Waals surface area (Å²) < 4.78 is 6.18. The summed E-state index contributed by atoms with van der Waals surface area (Å²) in [5, 5.41) is 20.5. The first-order chi connectivity index (χ1) is 10.1. The predicted octanol–water partition coefficient (Wildman–Crippen LogP) is 1.42. The van der Waals surface area contributed by atoms with E-state index in [1.54, 1.807) is 6.07 Å². The number of aromatic hydroxyl groups is 1. The topological polar surface area (TPSA) is 52.9 Å². The molecule has 0 amide bonds. The molecule has 21 heavy (non-hydrogen) atoms. The van der Waals surface area contributed by atoms with Gasteiger partial charge in [0.15, 0.2) is 0 Å². The van der Waals surface area contributed by atoms with Crippen LogP contribution >= 0.6 is 0 Å². The predicted molar refractivity (Wildman–Crippen MR) is 77.7 cm³/mol. The lowest BCUT2D eigenvalue weighted by molar-refractivity contribution is -0.0991. The van der Waals surface area contributed by atoms with Gasteiger partial charge in [0.1, 0.15) is 17.6 Å². The fraction of sp³-hybridized carbons (Fsp3) is 0.647. The highest BCUT2D eigenvalue weighted by molar-refractivity contribution is 5.57. The summed E-state index contributed by atoms with van der Waals surface area (Å²) in [6.45, 7) is 1.06. The van der Waals surface area contributed by atoms with Gasteiger partial charge in [0.2, 0.25) is 0 Å². The SMILES string of the molecule is CN1CCC23c4c5cc(O)cc4OC2C(O)CCC3C1C5. The van der Waals surface area contributed by atoms with E-state index in [2.05, 4.69) is 11.9 Å². The maximum Gasteiger partial charge on any atom is 0.135 e. The third kappa shape index (κ3) is 1.29. The van der Waals surface area contributed by atoms with Crippen molar-refractivity contribution >= 4 is 0 Å². The zero-order chi connectivity index (χ0) is 14.4. The third-order valence-electron chi connectivity index (χ3n) is 6.52. The summed E-state index contributed by atoms with van der Waals surface area (Å²) >= 11 is 0. The number of rotatable bonds is 0. The molecule has 1 spiro atoms. The van der Waals surface area contributed by atoms with Gasteiger partial charge >= 0.3 is 0 Å². The van der Waals surface area contributed by atoms with E-state index >= 15 is 0 Å². The highest BCUT2D eigenvalue weighted by atomic mass is 16.5. The quantitative estimate of drug-likeness (QED) is 0.758. The highest BCUT2D eigenvalue weighted by Crippen LogP contribution is 2.62. The normalized spacial score (nSPS) is 43.3. The molecule has 4 aliphatic rings. The number of hydrogen-bond acceptors (Lipinski definition) is 4. The molecule has 2 aliphatic carbocycles. The van der Waals surface area contributed by atoms with Crippen molar-refractivity contribution in [1.29, 1.82) is 0 Å². The van der Waals surface area contributed by atoms with Gasteiger partial charge in [-0.3, -0.25) is 0 Å². The molecule has 0 aromatic heterocycles. The van der Waals surface area contributed by atoms with Crippen molar-refractivity contribution in [2.75, 3.05) is 13.6 Å². The van der Waals surface area contributed by atoms with E-state index in [0.717, 1.165) is 38.0 Å². The summed E-state index contributed by atoms with van der Waals surface area (Å²) in [5.41, 5.74) is 2.51. The van der Waals surface area contributed by atoms with E-state index < -0.39 is 0 Å². The fourth-order valence-electron chi connectivity index (χ4n) is 5.75.